The number of rotatable bonds is 1. The topological polar surface area (TPSA) is 38.0 Å². The number of nitrogens with zero attached hydrogens (tertiary/aromatic N) is 2. The third-order valence-corrected chi connectivity index (χ3v) is 2.98. The minimum Gasteiger partial charge on any atom is -0.508 e. The molecule has 1 N–H and O–H groups in total. The molecule has 0 bridgehead atoms. The van der Waals surface area contributed by atoms with Crippen molar-refractivity contribution in [3.8, 4) is 11.4 Å². The van der Waals surface area contributed by atoms with E-state index >= 15 is 0 Å². The van der Waals surface area contributed by atoms with Crippen molar-refractivity contribution in [2.24, 2.45) is 0 Å². The number of aromatic hydroxyl groups is 1. The lowest BCUT2D eigenvalue weighted by molar-refractivity contribution is 0.475. The van der Waals surface area contributed by atoms with Gasteiger partial charge in [0.05, 0.1) is 11.2 Å². The summed E-state index contributed by atoms with van der Waals surface area (Å²) in [5, 5.41) is 15.2. The molecule has 3 aromatic rings. The first-order valence-corrected chi connectivity index (χ1v) is 5.56. The lowest BCUT2D eigenvalue weighted by atomic mass is 10.2. The molecule has 0 radical (unpaired) electrons. The molecule has 1 aromatic heterocycles. The molecule has 2 aromatic carbocycles. The van der Waals surface area contributed by atoms with Gasteiger partial charge in [0.25, 0.3) is 0 Å². The average Bonchev–Trinajstić information content (AvgIpc) is 2.69. The zero-order valence-electron chi connectivity index (χ0n) is 8.84. The third-order valence-electron chi connectivity index (χ3n) is 2.61. The number of phenols is 1. The minimum absolute atomic E-state index is 0.224. The van der Waals surface area contributed by atoms with E-state index in [0.717, 1.165) is 16.6 Å². The Morgan fingerprint density at radius 3 is 2.41 bits per heavy atom. The molecule has 0 aliphatic heterocycles. The Balaban J connectivity index is 2.24. The highest BCUT2D eigenvalue weighted by Crippen LogP contribution is 2.26. The SMILES string of the molecule is Oc1ccc(-n2nc3ccccc3c2Cl)cc1. The van der Waals surface area contributed by atoms with Crippen LogP contribution in [0.4, 0.5) is 0 Å². The number of halogens is 1. The molecule has 0 spiro atoms. The van der Waals surface area contributed by atoms with Crippen LogP contribution in [0.1, 0.15) is 0 Å². The van der Waals surface area contributed by atoms with E-state index in [-0.39, 0.29) is 5.75 Å². The van der Waals surface area contributed by atoms with Crippen molar-refractivity contribution in [2.45, 2.75) is 0 Å². The molecule has 84 valence electrons. The lowest BCUT2D eigenvalue weighted by Gasteiger charge is -2.02. The molecule has 0 saturated carbocycles. The second kappa shape index (κ2) is 3.79. The van der Waals surface area contributed by atoms with E-state index in [0.29, 0.717) is 5.15 Å². The summed E-state index contributed by atoms with van der Waals surface area (Å²) in [7, 11) is 0. The van der Waals surface area contributed by atoms with Crippen molar-refractivity contribution in [2.75, 3.05) is 0 Å². The summed E-state index contributed by atoms with van der Waals surface area (Å²) in [5.74, 6) is 0.224. The predicted octanol–water partition coefficient (Wildman–Crippen LogP) is 3.38. The van der Waals surface area contributed by atoms with Gasteiger partial charge in [0.15, 0.2) is 0 Å². The standard InChI is InChI=1S/C13H9ClN2O/c14-13-11-3-1-2-4-12(11)15-16(13)9-5-7-10(17)8-6-9/h1-8,17H. The number of benzene rings is 2. The van der Waals surface area contributed by atoms with Crippen LogP contribution in [0, 0.1) is 0 Å². The first-order valence-electron chi connectivity index (χ1n) is 5.18. The van der Waals surface area contributed by atoms with Gasteiger partial charge < -0.3 is 5.11 Å². The Hall–Kier alpha value is -2.00. The summed E-state index contributed by atoms with van der Waals surface area (Å²) >= 11 is 6.27. The molecule has 4 heteroatoms. The molecular formula is C13H9ClN2O. The third kappa shape index (κ3) is 1.65. The Morgan fingerprint density at radius 1 is 1.00 bits per heavy atom. The fourth-order valence-corrected chi connectivity index (χ4v) is 2.06. The minimum atomic E-state index is 0.224. The van der Waals surface area contributed by atoms with Gasteiger partial charge in [0, 0.05) is 5.39 Å². The zero-order valence-corrected chi connectivity index (χ0v) is 9.59. The molecule has 0 fully saturated rings. The summed E-state index contributed by atoms with van der Waals surface area (Å²) in [5.41, 5.74) is 1.68. The Kier molecular flexibility index (Phi) is 2.27. The predicted molar refractivity (Wildman–Crippen MR) is 67.7 cm³/mol. The molecule has 1 heterocycles. The van der Waals surface area contributed by atoms with Gasteiger partial charge in [-0.3, -0.25) is 0 Å². The highest BCUT2D eigenvalue weighted by Gasteiger charge is 2.09. The molecule has 0 aliphatic carbocycles. The van der Waals surface area contributed by atoms with Gasteiger partial charge in [-0.1, -0.05) is 23.7 Å². The quantitative estimate of drug-likeness (QED) is 0.713. The normalized spacial score (nSPS) is 10.9. The number of phenolic OH excluding ortho intramolecular Hbond substituents is 1. The molecule has 0 saturated heterocycles. The maximum Gasteiger partial charge on any atom is 0.140 e. The van der Waals surface area contributed by atoms with E-state index < -0.39 is 0 Å². The van der Waals surface area contributed by atoms with E-state index in [1.165, 1.54) is 0 Å². The second-order valence-corrected chi connectivity index (χ2v) is 4.09. The van der Waals surface area contributed by atoms with Crippen LogP contribution in [-0.2, 0) is 0 Å². The van der Waals surface area contributed by atoms with Crippen LogP contribution >= 0.6 is 11.6 Å². The molecule has 0 unspecified atom stereocenters. The Morgan fingerprint density at radius 2 is 1.71 bits per heavy atom. The van der Waals surface area contributed by atoms with E-state index in [1.807, 2.05) is 24.3 Å². The molecule has 3 nitrogen and oxygen atoms in total. The van der Waals surface area contributed by atoms with Crippen molar-refractivity contribution >= 4 is 22.5 Å². The van der Waals surface area contributed by atoms with Gasteiger partial charge >= 0.3 is 0 Å². The van der Waals surface area contributed by atoms with E-state index in [1.54, 1.807) is 28.9 Å². The van der Waals surface area contributed by atoms with Crippen LogP contribution in [0.25, 0.3) is 16.6 Å². The summed E-state index contributed by atoms with van der Waals surface area (Å²) in [6, 6.07) is 14.5. The molecule has 0 atom stereocenters. The van der Waals surface area contributed by atoms with Crippen molar-refractivity contribution in [3.63, 3.8) is 0 Å². The van der Waals surface area contributed by atoms with Crippen molar-refractivity contribution in [1.29, 1.82) is 0 Å². The molecule has 0 amide bonds. The van der Waals surface area contributed by atoms with Gasteiger partial charge in [-0.25, -0.2) is 4.68 Å². The average molecular weight is 245 g/mol. The maximum absolute atomic E-state index is 9.25. The first kappa shape index (κ1) is 10.2. The monoisotopic (exact) mass is 244 g/mol. The van der Waals surface area contributed by atoms with Gasteiger partial charge in [-0.2, -0.15) is 5.10 Å². The number of hydrogen-bond donors (Lipinski definition) is 1. The van der Waals surface area contributed by atoms with Crippen molar-refractivity contribution in [3.05, 3.63) is 53.7 Å². The van der Waals surface area contributed by atoms with Gasteiger partial charge in [-0.05, 0) is 36.4 Å². The van der Waals surface area contributed by atoms with Crippen LogP contribution in [0.15, 0.2) is 48.5 Å². The fourth-order valence-electron chi connectivity index (χ4n) is 1.77. The summed E-state index contributed by atoms with van der Waals surface area (Å²) < 4.78 is 1.66. The summed E-state index contributed by atoms with van der Waals surface area (Å²) in [6.07, 6.45) is 0. The van der Waals surface area contributed by atoms with Crippen LogP contribution in [-0.4, -0.2) is 14.9 Å². The van der Waals surface area contributed by atoms with Gasteiger partial charge in [0.2, 0.25) is 0 Å². The second-order valence-electron chi connectivity index (χ2n) is 3.74. The maximum atomic E-state index is 9.25. The van der Waals surface area contributed by atoms with Crippen LogP contribution in [0.3, 0.4) is 0 Å². The van der Waals surface area contributed by atoms with E-state index in [9.17, 15) is 5.11 Å². The molecule has 17 heavy (non-hydrogen) atoms. The lowest BCUT2D eigenvalue weighted by Crippen LogP contribution is -1.95. The largest absolute Gasteiger partial charge is 0.508 e. The summed E-state index contributed by atoms with van der Waals surface area (Å²) in [6.45, 7) is 0. The highest BCUT2D eigenvalue weighted by molar-refractivity contribution is 6.34. The number of fused-ring (bicyclic) bond motifs is 1. The molecule has 3 rings (SSSR count). The Labute approximate surface area is 103 Å². The smallest absolute Gasteiger partial charge is 0.140 e. The van der Waals surface area contributed by atoms with Gasteiger partial charge in [-0.15, -0.1) is 0 Å². The number of aromatic nitrogens is 2. The Bertz CT molecular complexity index is 673. The van der Waals surface area contributed by atoms with Gasteiger partial charge in [0.1, 0.15) is 10.9 Å². The number of hydrogen-bond acceptors (Lipinski definition) is 2. The van der Waals surface area contributed by atoms with Crippen molar-refractivity contribution < 1.29 is 5.11 Å². The van der Waals surface area contributed by atoms with E-state index in [4.69, 9.17) is 11.6 Å². The molecule has 0 aliphatic rings. The fraction of sp³-hybridized carbons (Fsp3) is 0. The van der Waals surface area contributed by atoms with Crippen molar-refractivity contribution in [1.82, 2.24) is 9.78 Å². The summed E-state index contributed by atoms with van der Waals surface area (Å²) in [4.78, 5) is 0. The molecular weight excluding hydrogens is 236 g/mol. The van der Waals surface area contributed by atoms with Crippen LogP contribution in [0.5, 0.6) is 5.75 Å². The van der Waals surface area contributed by atoms with Crippen LogP contribution < -0.4 is 0 Å². The van der Waals surface area contributed by atoms with E-state index in [2.05, 4.69) is 5.10 Å². The zero-order chi connectivity index (χ0) is 11.8. The first-order chi connectivity index (χ1) is 8.25. The highest BCUT2D eigenvalue weighted by atomic mass is 35.5. The van der Waals surface area contributed by atoms with Crippen LogP contribution in [0.2, 0.25) is 5.15 Å².